The molecule has 2 aromatic heterocycles. The number of oxazole rings is 1. The summed E-state index contributed by atoms with van der Waals surface area (Å²) in [7, 11) is 1.66. The van der Waals surface area contributed by atoms with Crippen molar-refractivity contribution in [2.75, 3.05) is 33.3 Å². The third-order valence-corrected chi connectivity index (χ3v) is 7.79. The molecule has 1 aliphatic heterocycles. The van der Waals surface area contributed by atoms with Crippen LogP contribution in [0.15, 0.2) is 89.7 Å². The van der Waals surface area contributed by atoms with Crippen LogP contribution in [0.3, 0.4) is 0 Å². The lowest BCUT2D eigenvalue weighted by molar-refractivity contribution is 0.0578. The highest BCUT2D eigenvalue weighted by Gasteiger charge is 2.31. The first-order valence-corrected chi connectivity index (χ1v) is 13.0. The number of carbonyl (C=O) groups is 1. The topological polar surface area (TPSA) is 71.7 Å². The number of aromatic nitrogens is 2. The molecule has 0 spiro atoms. The summed E-state index contributed by atoms with van der Waals surface area (Å²) in [6.07, 6.45) is 3.29. The lowest BCUT2D eigenvalue weighted by Crippen LogP contribution is -2.49. The molecule has 1 aliphatic rings. The molecular formula is C29H26N4O3S. The maximum atomic E-state index is 13.5. The Hall–Kier alpha value is -4.01. The first-order valence-electron chi connectivity index (χ1n) is 12.2. The van der Waals surface area contributed by atoms with Crippen LogP contribution in [0, 0.1) is 0 Å². The van der Waals surface area contributed by atoms with Crippen LogP contribution in [0.4, 0.5) is 0 Å². The molecule has 1 amide bonds. The van der Waals surface area contributed by atoms with Crippen molar-refractivity contribution in [3.63, 3.8) is 0 Å². The number of benzene rings is 3. The van der Waals surface area contributed by atoms with Gasteiger partial charge in [-0.25, -0.2) is 9.97 Å². The Morgan fingerprint density at radius 1 is 1.00 bits per heavy atom. The number of fused-ring (bicyclic) bond motifs is 1. The van der Waals surface area contributed by atoms with Gasteiger partial charge in [0.15, 0.2) is 0 Å². The van der Waals surface area contributed by atoms with Crippen LogP contribution in [-0.2, 0) is 0 Å². The molecule has 0 bridgehead atoms. The van der Waals surface area contributed by atoms with Gasteiger partial charge in [0.2, 0.25) is 5.89 Å². The van der Waals surface area contributed by atoms with E-state index < -0.39 is 0 Å². The summed E-state index contributed by atoms with van der Waals surface area (Å²) < 4.78 is 12.1. The number of hydrogen-bond donors (Lipinski definition) is 0. The van der Waals surface area contributed by atoms with Crippen molar-refractivity contribution < 1.29 is 13.9 Å². The molecule has 0 saturated carbocycles. The second-order valence-electron chi connectivity index (χ2n) is 8.95. The van der Waals surface area contributed by atoms with E-state index in [1.54, 1.807) is 30.9 Å². The van der Waals surface area contributed by atoms with E-state index in [0.717, 1.165) is 45.2 Å². The SMILES string of the molecule is COc1ccc2nc(-c3cccc(C(=O)N4CCN(C(c5ccccc5)c5ncco5)CC4)c3)sc2c1. The van der Waals surface area contributed by atoms with Crippen molar-refractivity contribution in [2.45, 2.75) is 6.04 Å². The molecule has 7 nitrogen and oxygen atoms in total. The molecule has 5 aromatic rings. The van der Waals surface area contributed by atoms with Gasteiger partial charge in [-0.1, -0.05) is 42.5 Å². The lowest BCUT2D eigenvalue weighted by Gasteiger charge is -2.38. The maximum absolute atomic E-state index is 13.5. The summed E-state index contributed by atoms with van der Waals surface area (Å²) in [5.41, 5.74) is 3.67. The van der Waals surface area contributed by atoms with Gasteiger partial charge in [0.1, 0.15) is 23.1 Å². The predicted molar refractivity (Wildman–Crippen MR) is 144 cm³/mol. The first kappa shape index (κ1) is 23.4. The van der Waals surface area contributed by atoms with Crippen molar-refractivity contribution in [1.82, 2.24) is 19.8 Å². The lowest BCUT2D eigenvalue weighted by atomic mass is 10.0. The number of amides is 1. The third-order valence-electron chi connectivity index (χ3n) is 6.72. The van der Waals surface area contributed by atoms with Gasteiger partial charge < -0.3 is 14.1 Å². The fourth-order valence-electron chi connectivity index (χ4n) is 4.82. The fourth-order valence-corrected chi connectivity index (χ4v) is 5.81. The van der Waals surface area contributed by atoms with E-state index >= 15 is 0 Å². The molecule has 0 radical (unpaired) electrons. The molecular weight excluding hydrogens is 484 g/mol. The largest absolute Gasteiger partial charge is 0.497 e. The fraction of sp³-hybridized carbons (Fsp3) is 0.207. The maximum Gasteiger partial charge on any atom is 0.253 e. The van der Waals surface area contributed by atoms with Gasteiger partial charge in [-0.05, 0) is 35.9 Å². The summed E-state index contributed by atoms with van der Waals surface area (Å²) in [6.45, 7) is 2.72. The average Bonchev–Trinajstić information content (AvgIpc) is 3.64. The zero-order chi connectivity index (χ0) is 25.2. The van der Waals surface area contributed by atoms with Crippen LogP contribution < -0.4 is 4.74 Å². The Labute approximate surface area is 219 Å². The summed E-state index contributed by atoms with van der Waals surface area (Å²) in [6, 6.07) is 23.8. The van der Waals surface area contributed by atoms with Crippen LogP contribution in [0.1, 0.15) is 27.9 Å². The van der Waals surface area contributed by atoms with E-state index in [-0.39, 0.29) is 11.9 Å². The predicted octanol–water partition coefficient (Wildman–Crippen LogP) is 5.51. The van der Waals surface area contributed by atoms with Crippen LogP contribution >= 0.6 is 11.3 Å². The number of nitrogens with zero attached hydrogens (tertiary/aromatic N) is 4. The summed E-state index contributed by atoms with van der Waals surface area (Å²) in [5, 5.41) is 0.888. The van der Waals surface area contributed by atoms with Gasteiger partial charge in [0.25, 0.3) is 5.91 Å². The Balaban J connectivity index is 1.18. The van der Waals surface area contributed by atoms with Crippen LogP contribution in [-0.4, -0.2) is 59.0 Å². The van der Waals surface area contributed by atoms with Crippen LogP contribution in [0.2, 0.25) is 0 Å². The number of ether oxygens (including phenoxy) is 1. The molecule has 186 valence electrons. The minimum atomic E-state index is -0.0746. The van der Waals surface area contributed by atoms with E-state index in [1.165, 1.54) is 0 Å². The standard InChI is InChI=1S/C29H26N4O3S/c1-35-23-10-11-24-25(19-23)37-28(31-24)21-8-5-9-22(18-21)29(34)33-15-13-32(14-16-33)26(27-30-12-17-36-27)20-6-3-2-4-7-20/h2-12,17-19,26H,13-16H2,1H3. The number of piperazine rings is 1. The average molecular weight is 511 g/mol. The summed E-state index contributed by atoms with van der Waals surface area (Å²) in [5.74, 6) is 1.52. The minimum Gasteiger partial charge on any atom is -0.497 e. The van der Waals surface area contributed by atoms with Crippen molar-refractivity contribution in [3.05, 3.63) is 102 Å². The Bertz CT molecular complexity index is 1510. The second kappa shape index (κ2) is 10.2. The zero-order valence-corrected chi connectivity index (χ0v) is 21.2. The number of thiazole rings is 1. The third kappa shape index (κ3) is 4.73. The van der Waals surface area contributed by atoms with E-state index in [9.17, 15) is 4.79 Å². The highest BCUT2D eigenvalue weighted by atomic mass is 32.1. The molecule has 37 heavy (non-hydrogen) atoms. The molecule has 3 aromatic carbocycles. The molecule has 6 rings (SSSR count). The van der Waals surface area contributed by atoms with Crippen molar-refractivity contribution >= 4 is 27.5 Å². The quantitative estimate of drug-likeness (QED) is 0.300. The second-order valence-corrected chi connectivity index (χ2v) is 9.98. The van der Waals surface area contributed by atoms with Crippen molar-refractivity contribution in [2.24, 2.45) is 0 Å². The Morgan fingerprint density at radius 2 is 1.84 bits per heavy atom. The van der Waals surface area contributed by atoms with Gasteiger partial charge in [-0.3, -0.25) is 9.69 Å². The molecule has 1 atom stereocenters. The van der Waals surface area contributed by atoms with Crippen molar-refractivity contribution in [1.29, 1.82) is 0 Å². The number of methoxy groups -OCH3 is 1. The van der Waals surface area contributed by atoms with E-state index in [2.05, 4.69) is 22.0 Å². The van der Waals surface area contributed by atoms with Crippen LogP contribution in [0.25, 0.3) is 20.8 Å². The number of hydrogen-bond acceptors (Lipinski definition) is 7. The normalized spacial score (nSPS) is 15.1. The smallest absolute Gasteiger partial charge is 0.253 e. The van der Waals surface area contributed by atoms with Gasteiger partial charge in [0, 0.05) is 37.3 Å². The van der Waals surface area contributed by atoms with Crippen LogP contribution in [0.5, 0.6) is 5.75 Å². The summed E-state index contributed by atoms with van der Waals surface area (Å²) >= 11 is 1.60. The minimum absolute atomic E-state index is 0.0386. The first-order chi connectivity index (χ1) is 18.2. The van der Waals surface area contributed by atoms with E-state index in [1.807, 2.05) is 65.6 Å². The number of rotatable bonds is 6. The Morgan fingerprint density at radius 3 is 2.59 bits per heavy atom. The molecule has 1 fully saturated rings. The molecule has 1 unspecified atom stereocenters. The van der Waals surface area contributed by atoms with E-state index in [0.29, 0.717) is 24.5 Å². The highest BCUT2D eigenvalue weighted by Crippen LogP contribution is 2.33. The molecule has 3 heterocycles. The molecule has 0 N–H and O–H groups in total. The summed E-state index contributed by atoms with van der Waals surface area (Å²) in [4.78, 5) is 26.9. The monoisotopic (exact) mass is 510 g/mol. The molecule has 8 heteroatoms. The van der Waals surface area contributed by atoms with Crippen molar-refractivity contribution in [3.8, 4) is 16.3 Å². The van der Waals surface area contributed by atoms with Gasteiger partial charge in [-0.2, -0.15) is 0 Å². The van der Waals surface area contributed by atoms with Gasteiger partial charge >= 0.3 is 0 Å². The highest BCUT2D eigenvalue weighted by molar-refractivity contribution is 7.21. The van der Waals surface area contributed by atoms with Gasteiger partial charge in [-0.15, -0.1) is 11.3 Å². The Kier molecular flexibility index (Phi) is 6.42. The molecule has 1 saturated heterocycles. The van der Waals surface area contributed by atoms with E-state index in [4.69, 9.17) is 14.1 Å². The number of carbonyl (C=O) groups excluding carboxylic acids is 1. The molecule has 0 aliphatic carbocycles. The zero-order valence-electron chi connectivity index (χ0n) is 20.4. The van der Waals surface area contributed by atoms with Gasteiger partial charge in [0.05, 0.1) is 23.5 Å².